The van der Waals surface area contributed by atoms with E-state index in [-0.39, 0.29) is 13.5 Å². The van der Waals surface area contributed by atoms with E-state index in [1.807, 2.05) is 27.7 Å². The lowest BCUT2D eigenvalue weighted by Crippen LogP contribution is -2.52. The third kappa shape index (κ3) is 8.81. The SMILES string of the molecule is COC(=O)[C@H](CCCCB1OC(C)(C)C(C)(C)O1)N(C(=O)OC(C)(C)C)C(=O)OC(C)(C)C. The zero-order valence-corrected chi connectivity index (χ0v) is 22.2. The number of esters is 1. The van der Waals surface area contributed by atoms with Crippen LogP contribution in [0.5, 0.6) is 0 Å². The summed E-state index contributed by atoms with van der Waals surface area (Å²) < 4.78 is 27.7. The lowest BCUT2D eigenvalue weighted by atomic mass is 9.82. The molecule has 1 heterocycles. The van der Waals surface area contributed by atoms with Crippen LogP contribution >= 0.6 is 0 Å². The molecule has 1 atom stereocenters. The Bertz CT molecular complexity index is 664. The average molecular weight is 471 g/mol. The first-order valence-corrected chi connectivity index (χ1v) is 11.5. The number of ether oxygens (including phenoxy) is 3. The molecule has 2 amide bonds. The number of imide groups is 1. The molecule has 0 N–H and O–H groups in total. The number of hydrogen-bond acceptors (Lipinski definition) is 8. The maximum Gasteiger partial charge on any atom is 0.457 e. The summed E-state index contributed by atoms with van der Waals surface area (Å²) >= 11 is 0. The summed E-state index contributed by atoms with van der Waals surface area (Å²) in [5, 5.41) is 0. The first-order valence-electron chi connectivity index (χ1n) is 11.5. The number of nitrogens with zero attached hydrogens (tertiary/aromatic N) is 1. The van der Waals surface area contributed by atoms with Gasteiger partial charge in [-0.15, -0.1) is 0 Å². The highest BCUT2D eigenvalue weighted by Crippen LogP contribution is 2.38. The Labute approximate surface area is 198 Å². The van der Waals surface area contributed by atoms with Crippen LogP contribution in [0, 0.1) is 0 Å². The highest BCUT2D eigenvalue weighted by molar-refractivity contribution is 6.45. The molecule has 1 saturated heterocycles. The molecular weight excluding hydrogens is 429 g/mol. The second-order valence-corrected chi connectivity index (χ2v) is 11.3. The molecule has 1 aliphatic heterocycles. The average Bonchev–Trinajstić information content (AvgIpc) is 2.80. The minimum absolute atomic E-state index is 0.185. The van der Waals surface area contributed by atoms with Crippen LogP contribution in [0.25, 0.3) is 0 Å². The van der Waals surface area contributed by atoms with Crippen molar-refractivity contribution in [2.75, 3.05) is 7.11 Å². The third-order valence-corrected chi connectivity index (χ3v) is 5.43. The van der Waals surface area contributed by atoms with Gasteiger partial charge in [-0.2, -0.15) is 4.90 Å². The van der Waals surface area contributed by atoms with Crippen molar-refractivity contribution in [3.05, 3.63) is 0 Å². The van der Waals surface area contributed by atoms with Crippen LogP contribution in [0.3, 0.4) is 0 Å². The van der Waals surface area contributed by atoms with Gasteiger partial charge in [0.25, 0.3) is 0 Å². The van der Waals surface area contributed by atoms with Gasteiger partial charge in [-0.3, -0.25) is 0 Å². The predicted octanol–water partition coefficient (Wildman–Crippen LogP) is 4.96. The molecule has 190 valence electrons. The van der Waals surface area contributed by atoms with Gasteiger partial charge in [0, 0.05) is 0 Å². The van der Waals surface area contributed by atoms with E-state index >= 15 is 0 Å². The summed E-state index contributed by atoms with van der Waals surface area (Å²) in [5.74, 6) is -0.720. The van der Waals surface area contributed by atoms with Crippen molar-refractivity contribution in [2.24, 2.45) is 0 Å². The molecule has 0 aliphatic carbocycles. The molecule has 9 nitrogen and oxygen atoms in total. The minimum atomic E-state index is -1.18. The van der Waals surface area contributed by atoms with Crippen LogP contribution in [-0.2, 0) is 28.3 Å². The number of rotatable bonds is 7. The van der Waals surface area contributed by atoms with Crippen molar-refractivity contribution in [3.8, 4) is 0 Å². The van der Waals surface area contributed by atoms with Crippen LogP contribution in [0.1, 0.15) is 88.5 Å². The molecule has 10 heteroatoms. The number of carbonyl (C=O) groups is 3. The molecule has 0 bridgehead atoms. The van der Waals surface area contributed by atoms with Crippen molar-refractivity contribution < 1.29 is 37.9 Å². The van der Waals surface area contributed by atoms with Crippen LogP contribution in [-0.4, -0.2) is 65.7 Å². The molecule has 1 fully saturated rings. The fraction of sp³-hybridized carbons (Fsp3) is 0.870. The van der Waals surface area contributed by atoms with Crippen molar-refractivity contribution in [1.29, 1.82) is 0 Å². The zero-order chi connectivity index (χ0) is 25.8. The van der Waals surface area contributed by atoms with Gasteiger partial charge >= 0.3 is 25.3 Å². The number of hydrogen-bond donors (Lipinski definition) is 0. The van der Waals surface area contributed by atoms with Crippen molar-refractivity contribution in [1.82, 2.24) is 4.90 Å². The van der Waals surface area contributed by atoms with Gasteiger partial charge in [-0.1, -0.05) is 12.8 Å². The van der Waals surface area contributed by atoms with E-state index in [4.69, 9.17) is 23.5 Å². The van der Waals surface area contributed by atoms with E-state index in [1.54, 1.807) is 41.5 Å². The maximum atomic E-state index is 12.9. The Kier molecular flexibility index (Phi) is 9.42. The van der Waals surface area contributed by atoms with E-state index in [2.05, 4.69) is 0 Å². The Morgan fingerprint density at radius 1 is 0.848 bits per heavy atom. The lowest BCUT2D eigenvalue weighted by Gasteiger charge is -2.32. The molecule has 33 heavy (non-hydrogen) atoms. The normalized spacial score (nSPS) is 18.5. The van der Waals surface area contributed by atoms with Crippen molar-refractivity contribution in [2.45, 2.75) is 123 Å². The molecule has 0 aromatic carbocycles. The van der Waals surface area contributed by atoms with Crippen LogP contribution in [0.15, 0.2) is 0 Å². The molecule has 0 aromatic heterocycles. The molecule has 0 spiro atoms. The first-order chi connectivity index (χ1) is 14.8. The minimum Gasteiger partial charge on any atom is -0.467 e. The largest absolute Gasteiger partial charge is 0.467 e. The third-order valence-electron chi connectivity index (χ3n) is 5.43. The topological polar surface area (TPSA) is 101 Å². The van der Waals surface area contributed by atoms with Gasteiger partial charge < -0.3 is 23.5 Å². The Balaban J connectivity index is 2.94. The second-order valence-electron chi connectivity index (χ2n) is 11.3. The lowest BCUT2D eigenvalue weighted by molar-refractivity contribution is -0.147. The van der Waals surface area contributed by atoms with Gasteiger partial charge in [0.2, 0.25) is 0 Å². The molecule has 1 aliphatic rings. The van der Waals surface area contributed by atoms with E-state index in [0.717, 1.165) is 4.90 Å². The summed E-state index contributed by atoms with van der Waals surface area (Å²) in [7, 11) is 0.849. The van der Waals surface area contributed by atoms with E-state index in [9.17, 15) is 14.4 Å². The molecule has 0 aromatic rings. The molecular formula is C23H42BNO8. The monoisotopic (exact) mass is 471 g/mol. The predicted molar refractivity (Wildman–Crippen MR) is 125 cm³/mol. The number of unbranched alkanes of at least 4 members (excludes halogenated alkanes) is 1. The van der Waals surface area contributed by atoms with Crippen LogP contribution in [0.2, 0.25) is 6.32 Å². The standard InChI is InChI=1S/C23H42BNO8/c1-20(2,3)30-18(27)25(19(28)31-21(4,5)6)16(17(26)29-11)14-12-13-15-24-32-22(7,8)23(9,10)33-24/h16H,12-15H2,1-11H3/t16-/m0/s1. The molecule has 0 saturated carbocycles. The summed E-state index contributed by atoms with van der Waals surface area (Å²) in [5.41, 5.74) is -2.57. The van der Waals surface area contributed by atoms with E-state index in [0.29, 0.717) is 19.2 Å². The zero-order valence-electron chi connectivity index (χ0n) is 22.2. The smallest absolute Gasteiger partial charge is 0.457 e. The number of methoxy groups -OCH3 is 1. The second kappa shape index (κ2) is 10.6. The molecule has 1 rings (SSSR count). The Morgan fingerprint density at radius 3 is 1.64 bits per heavy atom. The van der Waals surface area contributed by atoms with E-state index < -0.39 is 46.6 Å². The fourth-order valence-electron chi connectivity index (χ4n) is 3.17. The maximum absolute atomic E-state index is 12.9. The van der Waals surface area contributed by atoms with Gasteiger partial charge in [-0.25, -0.2) is 14.4 Å². The quantitative estimate of drug-likeness (QED) is 0.222. The van der Waals surface area contributed by atoms with Crippen molar-refractivity contribution >= 4 is 25.3 Å². The molecule has 0 unspecified atom stereocenters. The highest BCUT2D eigenvalue weighted by Gasteiger charge is 2.50. The van der Waals surface area contributed by atoms with Crippen LogP contribution < -0.4 is 0 Å². The first kappa shape index (κ1) is 29.2. The summed E-state index contributed by atoms with van der Waals surface area (Å²) in [6.45, 7) is 18.0. The van der Waals surface area contributed by atoms with E-state index in [1.165, 1.54) is 7.11 Å². The van der Waals surface area contributed by atoms with Gasteiger partial charge in [0.05, 0.1) is 18.3 Å². The number of amides is 2. The summed E-state index contributed by atoms with van der Waals surface area (Å²) in [6, 6.07) is -1.18. The molecule has 0 radical (unpaired) electrons. The number of carbonyl (C=O) groups excluding carboxylic acids is 3. The van der Waals surface area contributed by atoms with Crippen molar-refractivity contribution in [3.63, 3.8) is 0 Å². The highest BCUT2D eigenvalue weighted by atomic mass is 16.7. The fourth-order valence-corrected chi connectivity index (χ4v) is 3.17. The summed E-state index contributed by atoms with van der Waals surface area (Å²) in [6.07, 6.45) is 0.0491. The van der Waals surface area contributed by atoms with Gasteiger partial charge in [0.15, 0.2) is 0 Å². The summed E-state index contributed by atoms with van der Waals surface area (Å²) in [4.78, 5) is 39.1. The van der Waals surface area contributed by atoms with Crippen LogP contribution in [0.4, 0.5) is 9.59 Å². The Morgan fingerprint density at radius 2 is 1.27 bits per heavy atom. The van der Waals surface area contributed by atoms with Gasteiger partial charge in [0.1, 0.15) is 17.2 Å². The Hall–Kier alpha value is -1.81. The van der Waals surface area contributed by atoms with Gasteiger partial charge in [-0.05, 0) is 82.0 Å².